The van der Waals surface area contributed by atoms with E-state index in [1.165, 1.54) is 25.1 Å². The highest BCUT2D eigenvalue weighted by Crippen LogP contribution is 2.37. The average Bonchev–Trinajstić information content (AvgIpc) is 2.46. The molecule has 0 aromatic heterocycles. The van der Waals surface area contributed by atoms with E-state index in [1.807, 2.05) is 0 Å². The fourth-order valence-corrected chi connectivity index (χ4v) is 2.84. The van der Waals surface area contributed by atoms with Crippen molar-refractivity contribution in [1.29, 1.82) is 0 Å². The number of rotatable bonds is 1. The van der Waals surface area contributed by atoms with Crippen molar-refractivity contribution in [1.82, 2.24) is 0 Å². The molecule has 0 bridgehead atoms. The van der Waals surface area contributed by atoms with Gasteiger partial charge in [-0.05, 0) is 43.2 Å². The van der Waals surface area contributed by atoms with Gasteiger partial charge in [-0.3, -0.25) is 14.4 Å². The molecule has 2 aromatic rings. The van der Waals surface area contributed by atoms with Crippen molar-refractivity contribution in [2.75, 3.05) is 0 Å². The van der Waals surface area contributed by atoms with Crippen LogP contribution in [0.1, 0.15) is 49.9 Å². The number of hydrogen-bond acceptors (Lipinski definition) is 5. The number of ketones is 2. The summed E-state index contributed by atoms with van der Waals surface area (Å²) in [6.07, 6.45) is 0. The lowest BCUT2D eigenvalue weighted by atomic mass is 9.81. The molecule has 116 valence electrons. The second-order valence-electron chi connectivity index (χ2n) is 5.57. The van der Waals surface area contributed by atoms with Crippen LogP contribution >= 0.6 is 0 Å². The Morgan fingerprint density at radius 3 is 2.30 bits per heavy atom. The number of benzene rings is 2. The Kier molecular flexibility index (Phi) is 3.29. The van der Waals surface area contributed by atoms with Crippen LogP contribution in [0.4, 0.5) is 0 Å². The number of phenols is 1. The van der Waals surface area contributed by atoms with E-state index in [1.54, 1.807) is 19.9 Å². The van der Waals surface area contributed by atoms with E-state index in [4.69, 9.17) is 4.74 Å². The number of fused-ring (bicyclic) bond motifs is 2. The Morgan fingerprint density at radius 1 is 0.957 bits per heavy atom. The van der Waals surface area contributed by atoms with Crippen LogP contribution < -0.4 is 4.74 Å². The maximum absolute atomic E-state index is 12.8. The van der Waals surface area contributed by atoms with Crippen LogP contribution in [0.25, 0.3) is 0 Å². The van der Waals surface area contributed by atoms with Crippen molar-refractivity contribution in [3.05, 3.63) is 57.6 Å². The summed E-state index contributed by atoms with van der Waals surface area (Å²) in [5.74, 6) is -1.23. The van der Waals surface area contributed by atoms with Crippen LogP contribution in [0.5, 0.6) is 11.5 Å². The quantitative estimate of drug-likeness (QED) is 0.552. The van der Waals surface area contributed by atoms with E-state index in [0.717, 1.165) is 0 Å². The van der Waals surface area contributed by atoms with Gasteiger partial charge in [0.25, 0.3) is 0 Å². The van der Waals surface area contributed by atoms with E-state index in [9.17, 15) is 19.5 Å². The minimum Gasteiger partial charge on any atom is -0.507 e. The molecule has 0 saturated carbocycles. The number of hydrogen-bond donors (Lipinski definition) is 1. The van der Waals surface area contributed by atoms with Crippen molar-refractivity contribution < 1.29 is 24.2 Å². The largest absolute Gasteiger partial charge is 0.507 e. The van der Waals surface area contributed by atoms with Gasteiger partial charge >= 0.3 is 5.97 Å². The van der Waals surface area contributed by atoms with Crippen LogP contribution in [0, 0.1) is 13.8 Å². The second kappa shape index (κ2) is 5.05. The first kappa shape index (κ1) is 15.0. The number of aryl methyl sites for hydroxylation is 2. The third kappa shape index (κ3) is 2.21. The molecule has 0 fully saturated rings. The zero-order valence-corrected chi connectivity index (χ0v) is 12.9. The fourth-order valence-electron chi connectivity index (χ4n) is 2.84. The van der Waals surface area contributed by atoms with Crippen LogP contribution in [-0.2, 0) is 4.79 Å². The van der Waals surface area contributed by atoms with Gasteiger partial charge in [0.15, 0.2) is 11.6 Å². The molecule has 23 heavy (non-hydrogen) atoms. The third-order valence-corrected chi connectivity index (χ3v) is 3.89. The van der Waals surface area contributed by atoms with Gasteiger partial charge in [-0.15, -0.1) is 0 Å². The van der Waals surface area contributed by atoms with Crippen molar-refractivity contribution in [2.45, 2.75) is 20.8 Å². The van der Waals surface area contributed by atoms with Gasteiger partial charge in [0, 0.05) is 23.6 Å². The minimum atomic E-state index is -0.507. The number of esters is 1. The van der Waals surface area contributed by atoms with Crippen molar-refractivity contribution in [2.24, 2.45) is 0 Å². The highest BCUT2D eigenvalue weighted by molar-refractivity contribution is 6.30. The number of phenolic OH excluding ortho intramolecular Hbond substituents is 1. The molecule has 1 N–H and O–H groups in total. The van der Waals surface area contributed by atoms with Crippen molar-refractivity contribution in [3.8, 4) is 11.5 Å². The minimum absolute atomic E-state index is 0.0332. The Labute approximate surface area is 132 Å². The molecule has 0 saturated heterocycles. The van der Waals surface area contributed by atoms with E-state index in [-0.39, 0.29) is 39.5 Å². The maximum Gasteiger partial charge on any atom is 0.308 e. The molecule has 3 rings (SSSR count). The molecule has 1 aliphatic rings. The molecular weight excluding hydrogens is 296 g/mol. The second-order valence-corrected chi connectivity index (χ2v) is 5.57. The Morgan fingerprint density at radius 2 is 1.65 bits per heavy atom. The van der Waals surface area contributed by atoms with Crippen molar-refractivity contribution in [3.63, 3.8) is 0 Å². The van der Waals surface area contributed by atoms with Crippen LogP contribution in [0.2, 0.25) is 0 Å². The average molecular weight is 310 g/mol. The normalized spacial score (nSPS) is 12.7. The Bertz CT molecular complexity index is 893. The summed E-state index contributed by atoms with van der Waals surface area (Å²) in [4.78, 5) is 36.6. The molecule has 0 unspecified atom stereocenters. The van der Waals surface area contributed by atoms with Crippen LogP contribution in [0.15, 0.2) is 24.3 Å². The first-order valence-corrected chi connectivity index (χ1v) is 7.06. The molecule has 0 atom stereocenters. The fraction of sp³-hybridized carbons (Fsp3) is 0.167. The first-order valence-electron chi connectivity index (χ1n) is 7.06. The van der Waals surface area contributed by atoms with Gasteiger partial charge in [0.1, 0.15) is 11.5 Å². The molecule has 5 heteroatoms. The summed E-state index contributed by atoms with van der Waals surface area (Å²) < 4.78 is 5.02. The van der Waals surface area contributed by atoms with Gasteiger partial charge in [-0.25, -0.2) is 0 Å². The lowest BCUT2D eigenvalue weighted by Crippen LogP contribution is -2.22. The highest BCUT2D eigenvalue weighted by Gasteiger charge is 2.34. The molecule has 0 radical (unpaired) electrons. The topological polar surface area (TPSA) is 80.7 Å². The summed E-state index contributed by atoms with van der Waals surface area (Å²) in [6.45, 7) is 4.59. The third-order valence-electron chi connectivity index (χ3n) is 3.89. The van der Waals surface area contributed by atoms with Crippen LogP contribution in [-0.4, -0.2) is 22.6 Å². The molecular formula is C18H14O5. The molecule has 0 aliphatic heterocycles. The SMILES string of the molecule is CC(=O)Oc1cc(C)c2c(c1)C(=O)c1ccc(C)c(O)c1C2=O. The summed E-state index contributed by atoms with van der Waals surface area (Å²) >= 11 is 0. The Balaban J connectivity index is 2.27. The highest BCUT2D eigenvalue weighted by atomic mass is 16.5. The smallest absolute Gasteiger partial charge is 0.308 e. The van der Waals surface area contributed by atoms with Gasteiger partial charge in [-0.1, -0.05) is 6.07 Å². The standard InChI is InChI=1S/C18H14O5/c1-8-4-5-12-15(16(8)20)18(22)14-9(2)6-11(23-10(3)19)7-13(14)17(12)21/h4-7,20H,1-3H3. The van der Waals surface area contributed by atoms with Gasteiger partial charge in [0.05, 0.1) is 5.56 Å². The molecule has 2 aromatic carbocycles. The zero-order valence-electron chi connectivity index (χ0n) is 12.9. The predicted octanol–water partition coefficient (Wildman–Crippen LogP) is 2.71. The maximum atomic E-state index is 12.8. The summed E-state index contributed by atoms with van der Waals surface area (Å²) in [5.41, 5.74) is 1.66. The summed E-state index contributed by atoms with van der Waals surface area (Å²) in [7, 11) is 0. The van der Waals surface area contributed by atoms with Gasteiger partial charge < -0.3 is 9.84 Å². The summed E-state index contributed by atoms with van der Waals surface area (Å²) in [5, 5.41) is 10.2. The van der Waals surface area contributed by atoms with Gasteiger partial charge in [-0.2, -0.15) is 0 Å². The molecule has 0 amide bonds. The first-order chi connectivity index (χ1) is 10.8. The van der Waals surface area contributed by atoms with Crippen molar-refractivity contribution >= 4 is 17.5 Å². The predicted molar refractivity (Wildman–Crippen MR) is 82.2 cm³/mol. The lowest BCUT2D eigenvalue weighted by molar-refractivity contribution is -0.131. The number of carbonyl (C=O) groups excluding carboxylic acids is 3. The number of ether oxygens (including phenoxy) is 1. The number of aromatic hydroxyl groups is 1. The van der Waals surface area contributed by atoms with Crippen LogP contribution in [0.3, 0.4) is 0 Å². The van der Waals surface area contributed by atoms with E-state index in [2.05, 4.69) is 0 Å². The summed E-state index contributed by atoms with van der Waals surface area (Å²) in [6, 6.07) is 6.04. The molecule has 0 spiro atoms. The molecule has 5 nitrogen and oxygen atoms in total. The number of carbonyl (C=O) groups is 3. The zero-order chi connectivity index (χ0) is 16.9. The molecule has 0 heterocycles. The lowest BCUT2D eigenvalue weighted by Gasteiger charge is -2.21. The van der Waals surface area contributed by atoms with E-state index >= 15 is 0 Å². The van der Waals surface area contributed by atoms with E-state index in [0.29, 0.717) is 11.1 Å². The van der Waals surface area contributed by atoms with E-state index < -0.39 is 11.8 Å². The Hall–Kier alpha value is -2.95. The molecule has 1 aliphatic carbocycles. The van der Waals surface area contributed by atoms with Gasteiger partial charge in [0.2, 0.25) is 0 Å². The monoisotopic (exact) mass is 310 g/mol.